The van der Waals surface area contributed by atoms with E-state index in [1.54, 1.807) is 12.1 Å². The van der Waals surface area contributed by atoms with Crippen molar-refractivity contribution in [2.75, 3.05) is 11.1 Å². The van der Waals surface area contributed by atoms with Crippen molar-refractivity contribution in [1.29, 1.82) is 5.26 Å². The third kappa shape index (κ3) is 2.44. The molecule has 0 saturated heterocycles. The zero-order chi connectivity index (χ0) is 13.1. The molecule has 0 unspecified atom stereocenters. The maximum atomic E-state index is 8.82. The van der Waals surface area contributed by atoms with Gasteiger partial charge in [-0.05, 0) is 55.3 Å². The van der Waals surface area contributed by atoms with Crippen molar-refractivity contribution < 1.29 is 0 Å². The molecule has 2 aromatic carbocycles. The minimum Gasteiger partial charge on any atom is -0.398 e. The van der Waals surface area contributed by atoms with E-state index in [1.807, 2.05) is 12.1 Å². The summed E-state index contributed by atoms with van der Waals surface area (Å²) in [6.45, 7) is 4.16. The molecule has 0 heterocycles. The number of hydrogen-bond acceptors (Lipinski definition) is 3. The number of nitriles is 1. The minimum atomic E-state index is 0.492. The number of rotatable bonds is 2. The fraction of sp³-hybridized carbons (Fsp3) is 0.133. The molecular formula is C15H15N3. The molecule has 2 rings (SSSR count). The Kier molecular flexibility index (Phi) is 3.20. The summed E-state index contributed by atoms with van der Waals surface area (Å²) < 4.78 is 0. The SMILES string of the molecule is Cc1ccc(Nc2ccc(C#N)c(N)c2)cc1C. The van der Waals surface area contributed by atoms with Crippen LogP contribution in [-0.4, -0.2) is 0 Å². The molecule has 90 valence electrons. The van der Waals surface area contributed by atoms with Crippen LogP contribution in [0, 0.1) is 25.2 Å². The Morgan fingerprint density at radius 3 is 2.28 bits per heavy atom. The second-order valence-electron chi connectivity index (χ2n) is 4.34. The van der Waals surface area contributed by atoms with E-state index >= 15 is 0 Å². The first kappa shape index (κ1) is 12.0. The van der Waals surface area contributed by atoms with Gasteiger partial charge in [-0.1, -0.05) is 6.07 Å². The van der Waals surface area contributed by atoms with Crippen LogP contribution in [0.15, 0.2) is 36.4 Å². The first-order chi connectivity index (χ1) is 8.60. The van der Waals surface area contributed by atoms with E-state index in [9.17, 15) is 0 Å². The van der Waals surface area contributed by atoms with Gasteiger partial charge in [0.2, 0.25) is 0 Å². The lowest BCUT2D eigenvalue weighted by Crippen LogP contribution is -1.95. The van der Waals surface area contributed by atoms with E-state index in [0.717, 1.165) is 11.4 Å². The van der Waals surface area contributed by atoms with Gasteiger partial charge in [-0.2, -0.15) is 5.26 Å². The van der Waals surface area contributed by atoms with Crippen LogP contribution in [0.25, 0.3) is 0 Å². The molecule has 2 aromatic rings. The van der Waals surface area contributed by atoms with Crippen LogP contribution in [0.3, 0.4) is 0 Å². The van der Waals surface area contributed by atoms with Gasteiger partial charge >= 0.3 is 0 Å². The Morgan fingerprint density at radius 1 is 1.00 bits per heavy atom. The molecule has 0 aliphatic heterocycles. The highest BCUT2D eigenvalue weighted by atomic mass is 14.9. The number of anilines is 3. The molecular weight excluding hydrogens is 222 g/mol. The van der Waals surface area contributed by atoms with Crippen molar-refractivity contribution in [2.45, 2.75) is 13.8 Å². The van der Waals surface area contributed by atoms with Crippen molar-refractivity contribution >= 4 is 17.1 Å². The molecule has 0 aliphatic rings. The van der Waals surface area contributed by atoms with Crippen molar-refractivity contribution in [3.63, 3.8) is 0 Å². The highest BCUT2D eigenvalue weighted by Gasteiger charge is 2.01. The summed E-state index contributed by atoms with van der Waals surface area (Å²) in [6, 6.07) is 13.6. The van der Waals surface area contributed by atoms with Crippen LogP contribution in [-0.2, 0) is 0 Å². The molecule has 0 atom stereocenters. The average Bonchev–Trinajstić information content (AvgIpc) is 2.34. The normalized spacial score (nSPS) is 9.83. The van der Waals surface area contributed by atoms with E-state index in [4.69, 9.17) is 11.0 Å². The Labute approximate surface area is 107 Å². The molecule has 0 bridgehead atoms. The van der Waals surface area contributed by atoms with Crippen molar-refractivity contribution in [3.05, 3.63) is 53.1 Å². The molecule has 0 amide bonds. The summed E-state index contributed by atoms with van der Waals surface area (Å²) in [7, 11) is 0. The van der Waals surface area contributed by atoms with E-state index in [0.29, 0.717) is 11.3 Å². The smallest absolute Gasteiger partial charge is 0.101 e. The molecule has 3 heteroatoms. The van der Waals surface area contributed by atoms with Crippen LogP contribution in [0.4, 0.5) is 17.1 Å². The van der Waals surface area contributed by atoms with Gasteiger partial charge in [0.25, 0.3) is 0 Å². The molecule has 0 spiro atoms. The van der Waals surface area contributed by atoms with E-state index in [1.165, 1.54) is 11.1 Å². The lowest BCUT2D eigenvalue weighted by molar-refractivity contribution is 1.34. The second-order valence-corrected chi connectivity index (χ2v) is 4.34. The van der Waals surface area contributed by atoms with E-state index in [2.05, 4.69) is 37.4 Å². The van der Waals surface area contributed by atoms with Crippen LogP contribution in [0.2, 0.25) is 0 Å². The largest absolute Gasteiger partial charge is 0.398 e. The molecule has 3 nitrogen and oxygen atoms in total. The fourth-order valence-corrected chi connectivity index (χ4v) is 1.73. The Hall–Kier alpha value is -2.47. The van der Waals surface area contributed by atoms with Crippen LogP contribution in [0.1, 0.15) is 16.7 Å². The fourth-order valence-electron chi connectivity index (χ4n) is 1.73. The quantitative estimate of drug-likeness (QED) is 0.786. The van der Waals surface area contributed by atoms with Gasteiger partial charge in [-0.3, -0.25) is 0 Å². The van der Waals surface area contributed by atoms with Crippen molar-refractivity contribution in [3.8, 4) is 6.07 Å². The lowest BCUT2D eigenvalue weighted by atomic mass is 10.1. The van der Waals surface area contributed by atoms with Crippen LogP contribution >= 0.6 is 0 Å². The number of hydrogen-bond donors (Lipinski definition) is 2. The molecule has 0 saturated carbocycles. The van der Waals surface area contributed by atoms with Crippen LogP contribution in [0.5, 0.6) is 0 Å². The maximum absolute atomic E-state index is 8.82. The molecule has 0 fully saturated rings. The first-order valence-corrected chi connectivity index (χ1v) is 5.74. The van der Waals surface area contributed by atoms with Gasteiger partial charge in [-0.25, -0.2) is 0 Å². The predicted molar refractivity (Wildman–Crippen MR) is 74.8 cm³/mol. The zero-order valence-corrected chi connectivity index (χ0v) is 10.5. The Bertz CT molecular complexity index is 624. The number of nitrogens with one attached hydrogen (secondary N) is 1. The van der Waals surface area contributed by atoms with Crippen molar-refractivity contribution in [1.82, 2.24) is 0 Å². The number of benzene rings is 2. The monoisotopic (exact) mass is 237 g/mol. The number of nitrogens with two attached hydrogens (primary N) is 1. The third-order valence-electron chi connectivity index (χ3n) is 2.97. The average molecular weight is 237 g/mol. The third-order valence-corrected chi connectivity index (χ3v) is 2.97. The van der Waals surface area contributed by atoms with Gasteiger partial charge in [0, 0.05) is 11.4 Å². The first-order valence-electron chi connectivity index (χ1n) is 5.74. The summed E-state index contributed by atoms with van der Waals surface area (Å²) in [4.78, 5) is 0. The summed E-state index contributed by atoms with van der Waals surface area (Å²) in [5.74, 6) is 0. The highest BCUT2D eigenvalue weighted by molar-refractivity contribution is 5.68. The van der Waals surface area contributed by atoms with E-state index in [-0.39, 0.29) is 0 Å². The second kappa shape index (κ2) is 4.80. The Balaban J connectivity index is 2.26. The molecule has 0 radical (unpaired) electrons. The van der Waals surface area contributed by atoms with Crippen molar-refractivity contribution in [2.24, 2.45) is 0 Å². The van der Waals surface area contributed by atoms with Crippen LogP contribution < -0.4 is 11.1 Å². The number of nitrogen functional groups attached to an aromatic ring is 1. The number of aryl methyl sites for hydroxylation is 2. The lowest BCUT2D eigenvalue weighted by Gasteiger charge is -2.09. The predicted octanol–water partition coefficient (Wildman–Crippen LogP) is 3.50. The Morgan fingerprint density at radius 2 is 1.67 bits per heavy atom. The maximum Gasteiger partial charge on any atom is 0.101 e. The topological polar surface area (TPSA) is 61.8 Å². The zero-order valence-electron chi connectivity index (χ0n) is 10.5. The molecule has 18 heavy (non-hydrogen) atoms. The minimum absolute atomic E-state index is 0.492. The standard InChI is InChI=1S/C15H15N3/c1-10-3-5-13(7-11(10)2)18-14-6-4-12(9-16)15(17)8-14/h3-8,18H,17H2,1-2H3. The summed E-state index contributed by atoms with van der Waals surface area (Å²) >= 11 is 0. The summed E-state index contributed by atoms with van der Waals surface area (Å²) in [5.41, 5.74) is 11.2. The van der Waals surface area contributed by atoms with E-state index < -0.39 is 0 Å². The van der Waals surface area contributed by atoms with Gasteiger partial charge in [0.05, 0.1) is 11.3 Å². The van der Waals surface area contributed by atoms with Gasteiger partial charge in [0.1, 0.15) is 6.07 Å². The summed E-state index contributed by atoms with van der Waals surface area (Å²) in [5, 5.41) is 12.1. The van der Waals surface area contributed by atoms with Gasteiger partial charge < -0.3 is 11.1 Å². The molecule has 0 aromatic heterocycles. The number of nitrogens with zero attached hydrogens (tertiary/aromatic N) is 1. The highest BCUT2D eigenvalue weighted by Crippen LogP contribution is 2.22. The molecule has 0 aliphatic carbocycles. The van der Waals surface area contributed by atoms with Gasteiger partial charge in [0.15, 0.2) is 0 Å². The molecule has 3 N–H and O–H groups in total. The summed E-state index contributed by atoms with van der Waals surface area (Å²) in [6.07, 6.45) is 0. The van der Waals surface area contributed by atoms with Gasteiger partial charge in [-0.15, -0.1) is 0 Å².